The van der Waals surface area contributed by atoms with Crippen LogP contribution in [0, 0.1) is 11.3 Å². The van der Waals surface area contributed by atoms with Gasteiger partial charge in [-0.2, -0.15) is 5.26 Å². The SMILES string of the molecule is C[C@H](Nc1ccc(Cl)cc1)C(=O)Nc1ccc(C#N)cc1. The molecule has 2 rings (SSSR count). The summed E-state index contributed by atoms with van der Waals surface area (Å²) in [5.74, 6) is -0.158. The summed E-state index contributed by atoms with van der Waals surface area (Å²) in [4.78, 5) is 12.1. The first-order valence-corrected chi connectivity index (χ1v) is 6.79. The predicted octanol–water partition coefficient (Wildman–Crippen LogP) is 3.65. The van der Waals surface area contributed by atoms with Crippen LogP contribution in [-0.2, 0) is 4.79 Å². The second-order valence-corrected chi connectivity index (χ2v) is 4.99. The molecule has 0 heterocycles. The van der Waals surface area contributed by atoms with E-state index < -0.39 is 6.04 Å². The monoisotopic (exact) mass is 299 g/mol. The fourth-order valence-electron chi connectivity index (χ4n) is 1.74. The van der Waals surface area contributed by atoms with Gasteiger partial charge in [-0.1, -0.05) is 11.6 Å². The lowest BCUT2D eigenvalue weighted by Gasteiger charge is -2.15. The van der Waals surface area contributed by atoms with Crippen LogP contribution in [0.1, 0.15) is 12.5 Å². The van der Waals surface area contributed by atoms with Gasteiger partial charge in [0.15, 0.2) is 0 Å². The standard InChI is InChI=1S/C16H14ClN3O/c1-11(19-14-8-4-13(17)5-9-14)16(21)20-15-6-2-12(10-18)3-7-15/h2-9,11,19H,1H3,(H,20,21)/t11-/m0/s1. The van der Waals surface area contributed by atoms with Gasteiger partial charge in [0.25, 0.3) is 0 Å². The summed E-state index contributed by atoms with van der Waals surface area (Å²) in [6.45, 7) is 1.77. The first-order valence-electron chi connectivity index (χ1n) is 6.41. The van der Waals surface area contributed by atoms with Crippen LogP contribution in [-0.4, -0.2) is 11.9 Å². The van der Waals surface area contributed by atoms with Crippen molar-refractivity contribution in [1.82, 2.24) is 0 Å². The Morgan fingerprint density at radius 3 is 2.24 bits per heavy atom. The van der Waals surface area contributed by atoms with Crippen molar-refractivity contribution in [3.05, 3.63) is 59.1 Å². The molecule has 21 heavy (non-hydrogen) atoms. The Morgan fingerprint density at radius 1 is 1.10 bits per heavy atom. The minimum atomic E-state index is -0.401. The van der Waals surface area contributed by atoms with Gasteiger partial charge in [0.05, 0.1) is 11.6 Å². The third-order valence-corrected chi connectivity index (χ3v) is 3.15. The number of anilines is 2. The highest BCUT2D eigenvalue weighted by Gasteiger charge is 2.12. The van der Waals surface area contributed by atoms with Crippen LogP contribution in [0.3, 0.4) is 0 Å². The van der Waals surface area contributed by atoms with E-state index in [9.17, 15) is 4.79 Å². The summed E-state index contributed by atoms with van der Waals surface area (Å²) < 4.78 is 0. The fourth-order valence-corrected chi connectivity index (χ4v) is 1.87. The summed E-state index contributed by atoms with van der Waals surface area (Å²) in [6.07, 6.45) is 0. The number of carbonyl (C=O) groups excluding carboxylic acids is 1. The van der Waals surface area contributed by atoms with Gasteiger partial charge in [0.2, 0.25) is 5.91 Å². The normalized spacial score (nSPS) is 11.3. The molecule has 0 bridgehead atoms. The van der Waals surface area contributed by atoms with Crippen molar-refractivity contribution in [3.63, 3.8) is 0 Å². The zero-order valence-corrected chi connectivity index (χ0v) is 12.2. The first kappa shape index (κ1) is 14.9. The maximum atomic E-state index is 12.1. The van der Waals surface area contributed by atoms with Crippen LogP contribution in [0.25, 0.3) is 0 Å². The first-order chi connectivity index (χ1) is 10.1. The molecule has 0 fully saturated rings. The lowest BCUT2D eigenvalue weighted by Crippen LogP contribution is -2.31. The zero-order chi connectivity index (χ0) is 15.2. The third-order valence-electron chi connectivity index (χ3n) is 2.90. The quantitative estimate of drug-likeness (QED) is 0.905. The van der Waals surface area contributed by atoms with E-state index in [4.69, 9.17) is 16.9 Å². The second-order valence-electron chi connectivity index (χ2n) is 4.55. The molecule has 2 aromatic rings. The highest BCUT2D eigenvalue weighted by molar-refractivity contribution is 6.30. The van der Waals surface area contributed by atoms with Gasteiger partial charge in [-0.05, 0) is 55.5 Å². The van der Waals surface area contributed by atoms with E-state index in [1.807, 2.05) is 18.2 Å². The van der Waals surface area contributed by atoms with E-state index in [2.05, 4.69) is 10.6 Å². The van der Waals surface area contributed by atoms with Crippen LogP contribution in [0.15, 0.2) is 48.5 Å². The smallest absolute Gasteiger partial charge is 0.246 e. The highest BCUT2D eigenvalue weighted by atomic mass is 35.5. The molecule has 2 N–H and O–H groups in total. The molecule has 0 saturated heterocycles. The lowest BCUT2D eigenvalue weighted by atomic mass is 10.2. The molecule has 0 aliphatic heterocycles. The maximum absolute atomic E-state index is 12.1. The molecule has 0 aliphatic carbocycles. The Labute approximate surface area is 128 Å². The maximum Gasteiger partial charge on any atom is 0.246 e. The minimum Gasteiger partial charge on any atom is -0.374 e. The van der Waals surface area contributed by atoms with Crippen molar-refractivity contribution in [2.45, 2.75) is 13.0 Å². The molecule has 0 aliphatic rings. The Balaban J connectivity index is 1.95. The van der Waals surface area contributed by atoms with Crippen molar-refractivity contribution in [3.8, 4) is 6.07 Å². The number of carbonyl (C=O) groups is 1. The van der Waals surface area contributed by atoms with Crippen LogP contribution in [0.5, 0.6) is 0 Å². The average Bonchev–Trinajstić information content (AvgIpc) is 2.50. The average molecular weight is 300 g/mol. The van der Waals surface area contributed by atoms with Gasteiger partial charge < -0.3 is 10.6 Å². The number of amides is 1. The van der Waals surface area contributed by atoms with Gasteiger partial charge in [0, 0.05) is 16.4 Å². The van der Waals surface area contributed by atoms with Crippen molar-refractivity contribution in [1.29, 1.82) is 5.26 Å². The molecule has 0 spiro atoms. The summed E-state index contributed by atoms with van der Waals surface area (Å²) >= 11 is 5.81. The largest absolute Gasteiger partial charge is 0.374 e. The van der Waals surface area contributed by atoms with Gasteiger partial charge in [0.1, 0.15) is 6.04 Å². The van der Waals surface area contributed by atoms with Crippen molar-refractivity contribution >= 4 is 28.9 Å². The number of nitrogens with zero attached hydrogens (tertiary/aromatic N) is 1. The van der Waals surface area contributed by atoms with Crippen LogP contribution < -0.4 is 10.6 Å². The molecule has 2 aromatic carbocycles. The molecule has 1 atom stereocenters. The summed E-state index contributed by atoms with van der Waals surface area (Å²) in [5.41, 5.74) is 2.03. The van der Waals surface area contributed by atoms with Crippen LogP contribution >= 0.6 is 11.6 Å². The number of hydrogen-bond acceptors (Lipinski definition) is 3. The Bertz CT molecular complexity index is 659. The molecule has 106 valence electrons. The summed E-state index contributed by atoms with van der Waals surface area (Å²) in [7, 11) is 0. The number of halogens is 1. The summed E-state index contributed by atoms with van der Waals surface area (Å²) in [6, 6.07) is 15.5. The molecule has 5 heteroatoms. The van der Waals surface area contributed by atoms with Gasteiger partial charge in [-0.15, -0.1) is 0 Å². The second kappa shape index (κ2) is 6.78. The molecule has 0 radical (unpaired) electrons. The van der Waals surface area contributed by atoms with Gasteiger partial charge in [-0.3, -0.25) is 4.79 Å². The van der Waals surface area contributed by atoms with E-state index in [-0.39, 0.29) is 5.91 Å². The number of nitriles is 1. The number of benzene rings is 2. The van der Waals surface area contributed by atoms with E-state index >= 15 is 0 Å². The molecular weight excluding hydrogens is 286 g/mol. The number of hydrogen-bond donors (Lipinski definition) is 2. The Hall–Kier alpha value is -2.51. The molecule has 4 nitrogen and oxygen atoms in total. The number of rotatable bonds is 4. The Kier molecular flexibility index (Phi) is 4.81. The highest BCUT2D eigenvalue weighted by Crippen LogP contribution is 2.15. The van der Waals surface area contributed by atoms with E-state index in [0.29, 0.717) is 16.3 Å². The fraction of sp³-hybridized carbons (Fsp3) is 0.125. The molecular formula is C16H14ClN3O. The molecule has 1 amide bonds. The van der Waals surface area contributed by atoms with Crippen molar-refractivity contribution in [2.75, 3.05) is 10.6 Å². The van der Waals surface area contributed by atoms with E-state index in [0.717, 1.165) is 5.69 Å². The van der Waals surface area contributed by atoms with Crippen LogP contribution in [0.2, 0.25) is 5.02 Å². The van der Waals surface area contributed by atoms with E-state index in [1.165, 1.54) is 0 Å². The number of nitrogens with one attached hydrogen (secondary N) is 2. The minimum absolute atomic E-state index is 0.158. The predicted molar refractivity (Wildman–Crippen MR) is 84.3 cm³/mol. The lowest BCUT2D eigenvalue weighted by molar-refractivity contribution is -0.116. The third kappa shape index (κ3) is 4.23. The summed E-state index contributed by atoms with van der Waals surface area (Å²) in [5, 5.41) is 15.3. The Morgan fingerprint density at radius 2 is 1.67 bits per heavy atom. The molecule has 0 saturated carbocycles. The zero-order valence-electron chi connectivity index (χ0n) is 11.4. The topological polar surface area (TPSA) is 64.9 Å². The molecule has 0 unspecified atom stereocenters. The van der Waals surface area contributed by atoms with Gasteiger partial charge in [-0.25, -0.2) is 0 Å². The molecule has 0 aromatic heterocycles. The van der Waals surface area contributed by atoms with Crippen molar-refractivity contribution in [2.24, 2.45) is 0 Å². The van der Waals surface area contributed by atoms with Gasteiger partial charge >= 0.3 is 0 Å². The van der Waals surface area contributed by atoms with Crippen LogP contribution in [0.4, 0.5) is 11.4 Å². The van der Waals surface area contributed by atoms with E-state index in [1.54, 1.807) is 43.3 Å². The van der Waals surface area contributed by atoms with Crippen molar-refractivity contribution < 1.29 is 4.79 Å².